The first-order chi connectivity index (χ1) is 70.9. The highest BCUT2D eigenvalue weighted by molar-refractivity contribution is 5.98. The predicted molar refractivity (Wildman–Crippen MR) is 557 cm³/mol. The van der Waals surface area contributed by atoms with Gasteiger partial charge >= 0.3 is 0 Å². The minimum atomic E-state index is -0.503. The third kappa shape index (κ3) is 20.0. The summed E-state index contributed by atoms with van der Waals surface area (Å²) in [6.07, 6.45) is 15.2. The lowest BCUT2D eigenvalue weighted by Crippen LogP contribution is -2.27. The Morgan fingerprint density at radius 1 is 0.342 bits per heavy atom. The fourth-order valence-electron chi connectivity index (χ4n) is 16.9. The van der Waals surface area contributed by atoms with Crippen LogP contribution in [0.3, 0.4) is 0 Å². The van der Waals surface area contributed by atoms with E-state index in [4.69, 9.17) is 60.2 Å². The summed E-state index contributed by atoms with van der Waals surface area (Å²) < 4.78 is 36.3. The maximum atomic E-state index is 14.3. The van der Waals surface area contributed by atoms with Gasteiger partial charge in [-0.1, -0.05) is 133 Å². The molecule has 20 aromatic rings. The quantitative estimate of drug-likeness (QED) is 0.0485. The van der Waals surface area contributed by atoms with Gasteiger partial charge in [0.1, 0.15) is 81.9 Å². The van der Waals surface area contributed by atoms with Crippen molar-refractivity contribution in [3.8, 4) is 78.8 Å². The molecule has 146 heavy (non-hydrogen) atoms. The average molecular weight is 1930 g/mol. The van der Waals surface area contributed by atoms with Crippen LogP contribution in [-0.2, 0) is 0 Å². The van der Waals surface area contributed by atoms with Crippen LogP contribution in [0.4, 0.5) is 56.1 Å². The van der Waals surface area contributed by atoms with Crippen molar-refractivity contribution in [3.05, 3.63) is 426 Å². The maximum Gasteiger partial charge on any atom is 0.266 e. The lowest BCUT2D eigenvalue weighted by Gasteiger charge is -2.21. The third-order valence-corrected chi connectivity index (χ3v) is 23.7. The molecule has 1 aliphatic rings. The summed E-state index contributed by atoms with van der Waals surface area (Å²) in [5.74, 6) is 6.38. The van der Waals surface area contributed by atoms with E-state index in [1.165, 1.54) is 47.9 Å². The summed E-state index contributed by atoms with van der Waals surface area (Å²) >= 11 is 0. The lowest BCUT2D eigenvalue weighted by atomic mass is 10.0. The number of pyridine rings is 2. The van der Waals surface area contributed by atoms with Gasteiger partial charge in [-0.25, -0.2) is 63.6 Å². The van der Waals surface area contributed by atoms with E-state index in [-0.39, 0.29) is 34.7 Å². The SMILES string of the molecule is [C-]#[N+]c1cnc(C)nc1N[C@@H](C)c1nc2cccc(-c3ccc4c(c3)OCO4)c2c(=O)n1-c1ccccc1.[C-]#[N+]c1cnc(C)nc1N[C@@H](C)c1nc2cccc(-c3cncc(F)c3)c2c(=O)n1-c1ccccc1.[C-]#[N+]c1cnc(C)nc1N[C@@H](C)c1nc2cccc(-c3cncc(N(C)C)c3)c2c(=O)n1-c1ccccc1.[C-]#[N+]c1cnc(C)nc1N[C@@H](C)c1nc2cccc(-c3cnoc3)c2c(=O)n1-c1ccccc1. The number of aromatic nitrogens is 19. The average Bonchev–Trinajstić information content (AvgIpc) is 0.925. The third-order valence-electron chi connectivity index (χ3n) is 23.7. The highest BCUT2D eigenvalue weighted by atomic mass is 19.1. The van der Waals surface area contributed by atoms with Crippen molar-refractivity contribution in [1.29, 1.82) is 0 Å². The van der Waals surface area contributed by atoms with E-state index in [0.717, 1.165) is 34.1 Å². The van der Waals surface area contributed by atoms with Crippen LogP contribution in [0.15, 0.2) is 310 Å². The van der Waals surface area contributed by atoms with Gasteiger partial charge in [0.05, 0.1) is 141 Å². The molecule has 716 valence electrons. The number of halogens is 1. The number of fused-ring (bicyclic) bond motifs is 5. The second-order valence-corrected chi connectivity index (χ2v) is 33.8. The van der Waals surface area contributed by atoms with Gasteiger partial charge in [-0.3, -0.25) is 67.4 Å². The molecule has 0 amide bonds. The largest absolute Gasteiger partial charge is 0.454 e. The summed E-state index contributed by atoms with van der Waals surface area (Å²) in [6.45, 7) is 44.6. The highest BCUT2D eigenvalue weighted by Crippen LogP contribution is 2.41. The van der Waals surface area contributed by atoms with E-state index in [1.54, 1.807) is 84.3 Å². The van der Waals surface area contributed by atoms with Gasteiger partial charge in [0.15, 0.2) is 11.5 Å². The topological polar surface area (TPSA) is 382 Å². The molecule has 0 saturated heterocycles. The summed E-state index contributed by atoms with van der Waals surface area (Å²) in [4.78, 5) is 135. The smallest absolute Gasteiger partial charge is 0.266 e. The summed E-state index contributed by atoms with van der Waals surface area (Å²) in [7, 11) is 3.90. The number of hydrogen-bond acceptors (Lipinski definition) is 27. The van der Waals surface area contributed by atoms with Crippen LogP contribution >= 0.6 is 0 Å². The standard InChI is InChI=1S/C29H26N8O.C29H22N6O3.C27H20FN7O.C25H19N7O2/c1-18(33-27-25(30-3)17-32-19(2)34-27)28-35-24-13-9-12-23(20-14-22(36(4)5)16-31-15-20)26(24)29(38)37(28)21-10-7-6-8-11-21;1-17(32-27-23(30-3)15-31-18(2)33-27)28-34-22-11-7-10-21(19-12-13-24-25(14-19)38-16-37-24)26(22)29(36)35(28)20-8-5-4-6-9-20;1-16(32-25-23(29-3)15-31-17(2)33-25)26-34-22-11-7-10-21(18-12-19(28)14-30-13-18)24(22)27(36)35(26)20-8-5-4-6-9-20;1-15(29-23-21(26-3)13-27-16(2)30-23)24-31-20-11-7-10-19(17-12-28-34-14-17)22(20)25(33)32(24)18-8-5-4-6-9-18/h6-18H,1-2,4-5H3,(H,32,33,34);4-15,17H,16H2,1-2H3,(H,31,32,33);4-16H,1-2H3,(H,31,32,33);4-15H,1-2H3,(H,27,29,30)/t18-;17-;16-;15-/m0000/s1. The predicted octanol–water partition coefficient (Wildman–Crippen LogP) is 21.2. The van der Waals surface area contributed by atoms with Crippen molar-refractivity contribution in [2.24, 2.45) is 0 Å². The number of aryl methyl sites for hydroxylation is 4. The molecule has 1 aliphatic heterocycles. The first kappa shape index (κ1) is 96.1. The number of para-hydroxylation sites is 4. The summed E-state index contributed by atoms with van der Waals surface area (Å²) in [5, 5.41) is 18.6. The summed E-state index contributed by atoms with van der Waals surface area (Å²) in [5.41, 5.74) is 11.5. The molecular weight excluding hydrogens is 1840 g/mol. The second-order valence-electron chi connectivity index (χ2n) is 33.8. The Hall–Kier alpha value is -20.1. The van der Waals surface area contributed by atoms with Crippen LogP contribution in [0, 0.1) is 59.8 Å². The Balaban J connectivity index is 0.000000128. The van der Waals surface area contributed by atoms with Crippen LogP contribution < -0.4 is 57.9 Å². The van der Waals surface area contributed by atoms with Crippen LogP contribution in [0.2, 0.25) is 0 Å². The van der Waals surface area contributed by atoms with Gasteiger partial charge in [-0.15, -0.1) is 0 Å². The molecule has 0 bridgehead atoms. The highest BCUT2D eigenvalue weighted by Gasteiger charge is 2.30. The van der Waals surface area contributed by atoms with Crippen molar-refractivity contribution in [3.63, 3.8) is 0 Å². The molecule has 11 aromatic heterocycles. The van der Waals surface area contributed by atoms with Crippen LogP contribution in [0.1, 0.15) is 98.5 Å². The summed E-state index contributed by atoms with van der Waals surface area (Å²) in [6, 6.07) is 66.5. The fourth-order valence-corrected chi connectivity index (χ4v) is 16.9. The minimum absolute atomic E-state index is 0.173. The second kappa shape index (κ2) is 42.3. The minimum Gasteiger partial charge on any atom is -0.454 e. The molecule has 12 heterocycles. The first-order valence-corrected chi connectivity index (χ1v) is 45.8. The number of nitrogens with one attached hydrogen (secondary N) is 4. The molecule has 0 saturated carbocycles. The Bertz CT molecular complexity index is 8860. The number of nitrogens with zero attached hydrogens (tertiary/aromatic N) is 24. The molecule has 0 unspecified atom stereocenters. The van der Waals surface area contributed by atoms with Crippen molar-refractivity contribution in [1.82, 2.24) is 93.2 Å². The van der Waals surface area contributed by atoms with E-state index < -0.39 is 30.0 Å². The number of hydrogen-bond donors (Lipinski definition) is 4. The Morgan fingerprint density at radius 3 is 0.973 bits per heavy atom. The molecule has 4 N–H and O–H groups in total. The van der Waals surface area contributed by atoms with Crippen molar-refractivity contribution in [2.45, 2.75) is 79.6 Å². The van der Waals surface area contributed by atoms with Gasteiger partial charge in [-0.05, 0) is 175 Å². The zero-order chi connectivity index (χ0) is 102. The monoisotopic (exact) mass is 1930 g/mol. The van der Waals surface area contributed by atoms with E-state index in [0.29, 0.717) is 187 Å². The molecule has 4 atom stereocenters. The number of ether oxygens (including phenoxy) is 2. The number of benzene rings is 9. The van der Waals surface area contributed by atoms with Gasteiger partial charge in [0, 0.05) is 73.5 Å². The maximum absolute atomic E-state index is 14.3. The van der Waals surface area contributed by atoms with E-state index in [9.17, 15) is 23.6 Å². The number of rotatable bonds is 21. The van der Waals surface area contributed by atoms with Gasteiger partial charge in [0.2, 0.25) is 29.5 Å². The molecule has 0 aliphatic carbocycles. The molecule has 0 fully saturated rings. The number of anilines is 5. The molecule has 0 spiro atoms. The van der Waals surface area contributed by atoms with Crippen molar-refractivity contribution < 1.29 is 18.4 Å². The van der Waals surface area contributed by atoms with E-state index in [1.807, 2.05) is 241 Å². The molecule has 9 aromatic carbocycles. The van der Waals surface area contributed by atoms with E-state index >= 15 is 0 Å². The lowest BCUT2D eigenvalue weighted by molar-refractivity contribution is 0.174. The normalized spacial score (nSPS) is 12.0. The molecule has 0 radical (unpaired) electrons. The zero-order valence-corrected chi connectivity index (χ0v) is 80.1. The van der Waals surface area contributed by atoms with Gasteiger partial charge < -0.3 is 40.2 Å². The van der Waals surface area contributed by atoms with Gasteiger partial charge in [0.25, 0.3) is 22.2 Å². The Kier molecular flexibility index (Phi) is 27.8. The Labute approximate surface area is 833 Å². The van der Waals surface area contributed by atoms with Crippen LogP contribution in [0.5, 0.6) is 11.5 Å². The molecule has 21 rings (SSSR count). The molecule has 35 nitrogen and oxygen atoms in total. The zero-order valence-electron chi connectivity index (χ0n) is 80.1. The van der Waals surface area contributed by atoms with Gasteiger partial charge in [-0.2, -0.15) is 0 Å². The first-order valence-electron chi connectivity index (χ1n) is 45.8. The van der Waals surface area contributed by atoms with Crippen molar-refractivity contribution in [2.75, 3.05) is 47.1 Å². The molecular formula is C110H87FN28O7. The Morgan fingerprint density at radius 2 is 0.658 bits per heavy atom. The fraction of sp³-hybridized carbons (Fsp3) is 0.136. The van der Waals surface area contributed by atoms with Crippen LogP contribution in [-0.4, -0.2) is 114 Å². The van der Waals surface area contributed by atoms with Crippen molar-refractivity contribution >= 4 is 95.3 Å². The molecule has 36 heteroatoms. The van der Waals surface area contributed by atoms with Crippen LogP contribution in [0.25, 0.3) is 130 Å². The van der Waals surface area contributed by atoms with E-state index in [2.05, 4.69) is 95.6 Å².